The molecular weight excluding hydrogens is 226 g/mol. The monoisotopic (exact) mass is 253 g/mol. The molecule has 3 aliphatic rings. The zero-order chi connectivity index (χ0) is 12.8. The Morgan fingerprint density at radius 1 is 1.11 bits per heavy atom. The van der Waals surface area contributed by atoms with Crippen LogP contribution in [0.2, 0.25) is 0 Å². The number of rotatable bonds is 2. The van der Waals surface area contributed by atoms with Crippen LogP contribution in [0.15, 0.2) is 0 Å². The quantitative estimate of drug-likeness (QED) is 0.740. The molecule has 104 valence electrons. The molecule has 0 aromatic rings. The lowest BCUT2D eigenvalue weighted by molar-refractivity contribution is -0.119. The van der Waals surface area contributed by atoms with Crippen LogP contribution in [-0.2, 0) is 4.74 Å². The molecule has 1 aliphatic heterocycles. The molecule has 3 fully saturated rings. The van der Waals surface area contributed by atoms with Gasteiger partial charge in [0.05, 0.1) is 12.2 Å². The van der Waals surface area contributed by atoms with Crippen LogP contribution in [0, 0.1) is 11.3 Å². The molecule has 0 aromatic carbocycles. The molecule has 0 amide bonds. The van der Waals surface area contributed by atoms with Gasteiger partial charge in [-0.25, -0.2) is 0 Å². The maximum absolute atomic E-state index is 10.2. The van der Waals surface area contributed by atoms with E-state index in [1.54, 1.807) is 0 Å². The molecule has 1 heterocycles. The molecule has 5 unspecified atom stereocenters. The number of ether oxygens (including phenoxy) is 1. The molecule has 2 N–H and O–H groups in total. The van der Waals surface area contributed by atoms with Crippen LogP contribution in [0.5, 0.6) is 0 Å². The van der Waals surface area contributed by atoms with Gasteiger partial charge < -0.3 is 15.2 Å². The van der Waals surface area contributed by atoms with E-state index >= 15 is 0 Å². The van der Waals surface area contributed by atoms with Gasteiger partial charge in [-0.05, 0) is 19.3 Å². The molecule has 0 radical (unpaired) electrons. The van der Waals surface area contributed by atoms with Gasteiger partial charge in [0, 0.05) is 30.0 Å². The molecule has 3 nitrogen and oxygen atoms in total. The minimum absolute atomic E-state index is 0.148. The summed E-state index contributed by atoms with van der Waals surface area (Å²) in [4.78, 5) is 0. The Balaban J connectivity index is 1.65. The second-order valence-electron chi connectivity index (χ2n) is 7.02. The summed E-state index contributed by atoms with van der Waals surface area (Å²) in [6, 6.07) is 0.834. The topological polar surface area (TPSA) is 41.5 Å². The number of hydrogen-bond donors (Lipinski definition) is 2. The van der Waals surface area contributed by atoms with Crippen LogP contribution in [0.4, 0.5) is 0 Å². The normalized spacial score (nSPS) is 47.2. The summed E-state index contributed by atoms with van der Waals surface area (Å²) in [5, 5.41) is 14.0. The minimum Gasteiger partial charge on any atom is -0.392 e. The smallest absolute Gasteiger partial charge is 0.0693 e. The second kappa shape index (κ2) is 4.77. The summed E-state index contributed by atoms with van der Waals surface area (Å²) in [5.74, 6) is 0.676. The van der Waals surface area contributed by atoms with E-state index in [9.17, 15) is 5.11 Å². The molecule has 5 atom stereocenters. The van der Waals surface area contributed by atoms with Crippen molar-refractivity contribution < 1.29 is 9.84 Å². The summed E-state index contributed by atoms with van der Waals surface area (Å²) >= 11 is 0. The highest BCUT2D eigenvalue weighted by Gasteiger charge is 2.59. The van der Waals surface area contributed by atoms with Gasteiger partial charge in [-0.1, -0.05) is 33.1 Å². The highest BCUT2D eigenvalue weighted by molar-refractivity contribution is 5.12. The highest BCUT2D eigenvalue weighted by Crippen LogP contribution is 2.52. The van der Waals surface area contributed by atoms with Gasteiger partial charge in [-0.3, -0.25) is 0 Å². The fourth-order valence-corrected chi connectivity index (χ4v) is 4.38. The van der Waals surface area contributed by atoms with Gasteiger partial charge in [0.15, 0.2) is 0 Å². The molecule has 18 heavy (non-hydrogen) atoms. The largest absolute Gasteiger partial charge is 0.392 e. The fraction of sp³-hybridized carbons (Fsp3) is 1.00. The third-order valence-corrected chi connectivity index (χ3v) is 5.47. The maximum Gasteiger partial charge on any atom is 0.0693 e. The predicted molar refractivity (Wildman–Crippen MR) is 71.4 cm³/mol. The molecule has 3 rings (SSSR count). The fourth-order valence-electron chi connectivity index (χ4n) is 4.38. The van der Waals surface area contributed by atoms with Crippen molar-refractivity contribution in [2.45, 2.75) is 76.7 Å². The van der Waals surface area contributed by atoms with E-state index in [-0.39, 0.29) is 11.5 Å². The van der Waals surface area contributed by atoms with Crippen LogP contribution in [-0.4, -0.2) is 36.0 Å². The van der Waals surface area contributed by atoms with Crippen molar-refractivity contribution in [3.63, 3.8) is 0 Å². The molecule has 0 aromatic heterocycles. The van der Waals surface area contributed by atoms with E-state index in [0.29, 0.717) is 24.1 Å². The van der Waals surface area contributed by atoms with Gasteiger partial charge in [0.2, 0.25) is 0 Å². The van der Waals surface area contributed by atoms with E-state index in [0.717, 1.165) is 19.4 Å². The van der Waals surface area contributed by atoms with Crippen molar-refractivity contribution in [3.05, 3.63) is 0 Å². The number of hydrogen-bond acceptors (Lipinski definition) is 3. The maximum atomic E-state index is 10.2. The van der Waals surface area contributed by atoms with Crippen molar-refractivity contribution >= 4 is 0 Å². The minimum atomic E-state index is -0.148. The van der Waals surface area contributed by atoms with Crippen LogP contribution in [0.3, 0.4) is 0 Å². The van der Waals surface area contributed by atoms with Crippen LogP contribution < -0.4 is 5.32 Å². The van der Waals surface area contributed by atoms with Crippen LogP contribution in [0.1, 0.15) is 52.4 Å². The zero-order valence-electron chi connectivity index (χ0n) is 11.7. The average Bonchev–Trinajstić information content (AvgIpc) is 2.69. The Hall–Kier alpha value is -0.120. The molecule has 2 aliphatic carbocycles. The van der Waals surface area contributed by atoms with E-state index in [1.165, 1.54) is 25.7 Å². The Labute approximate surface area is 110 Å². The van der Waals surface area contributed by atoms with E-state index in [2.05, 4.69) is 19.2 Å². The summed E-state index contributed by atoms with van der Waals surface area (Å²) in [6.07, 6.45) is 7.30. The van der Waals surface area contributed by atoms with Crippen molar-refractivity contribution in [1.29, 1.82) is 0 Å². The first-order chi connectivity index (χ1) is 8.60. The third-order valence-electron chi connectivity index (χ3n) is 5.47. The van der Waals surface area contributed by atoms with Gasteiger partial charge in [0.1, 0.15) is 0 Å². The molecule has 2 saturated carbocycles. The van der Waals surface area contributed by atoms with E-state index < -0.39 is 0 Å². The lowest BCUT2D eigenvalue weighted by atomic mass is 9.57. The van der Waals surface area contributed by atoms with Crippen LogP contribution >= 0.6 is 0 Å². The van der Waals surface area contributed by atoms with E-state index in [1.807, 2.05) is 0 Å². The summed E-state index contributed by atoms with van der Waals surface area (Å²) in [6.45, 7) is 5.53. The molecular formula is C15H27NO2. The van der Waals surface area contributed by atoms with Gasteiger partial charge in [0.25, 0.3) is 0 Å². The average molecular weight is 253 g/mol. The van der Waals surface area contributed by atoms with Crippen molar-refractivity contribution in [1.82, 2.24) is 5.32 Å². The standard InChI is InChI=1S/C15H27NO2/c1-15(2)13(10-8-9-18-14(10)15)16-11-6-4-3-5-7-12(11)17/h10-14,16-17H,3-9H2,1-2H3. The van der Waals surface area contributed by atoms with Crippen LogP contribution in [0.25, 0.3) is 0 Å². The Morgan fingerprint density at radius 2 is 1.89 bits per heavy atom. The zero-order valence-corrected chi connectivity index (χ0v) is 11.7. The van der Waals surface area contributed by atoms with E-state index in [4.69, 9.17) is 4.74 Å². The van der Waals surface area contributed by atoms with Crippen molar-refractivity contribution in [2.24, 2.45) is 11.3 Å². The lowest BCUT2D eigenvalue weighted by Gasteiger charge is -2.56. The number of nitrogens with one attached hydrogen (secondary N) is 1. The first kappa shape index (κ1) is 12.9. The SMILES string of the molecule is CC1(C)C(NC2CCCCCC2O)C2CCOC21. The lowest BCUT2D eigenvalue weighted by Crippen LogP contribution is -2.68. The number of aliphatic hydroxyl groups is 1. The van der Waals surface area contributed by atoms with Crippen molar-refractivity contribution in [2.75, 3.05) is 6.61 Å². The Bertz CT molecular complexity index is 305. The number of aliphatic hydroxyl groups excluding tert-OH is 1. The molecule has 1 saturated heterocycles. The van der Waals surface area contributed by atoms with Crippen molar-refractivity contribution in [3.8, 4) is 0 Å². The Morgan fingerprint density at radius 3 is 2.72 bits per heavy atom. The Kier molecular flexibility index (Phi) is 3.41. The summed E-state index contributed by atoms with van der Waals surface area (Å²) in [5.41, 5.74) is 0.229. The second-order valence-corrected chi connectivity index (χ2v) is 7.02. The first-order valence-electron chi connectivity index (χ1n) is 7.66. The first-order valence-corrected chi connectivity index (χ1v) is 7.66. The van der Waals surface area contributed by atoms with Gasteiger partial charge in [-0.15, -0.1) is 0 Å². The summed E-state index contributed by atoms with van der Waals surface area (Å²) < 4.78 is 5.84. The van der Waals surface area contributed by atoms with Gasteiger partial charge in [-0.2, -0.15) is 0 Å². The van der Waals surface area contributed by atoms with Gasteiger partial charge >= 0.3 is 0 Å². The predicted octanol–water partition coefficient (Wildman–Crippen LogP) is 2.08. The third kappa shape index (κ3) is 2.00. The molecule has 0 spiro atoms. The summed E-state index contributed by atoms with van der Waals surface area (Å²) in [7, 11) is 0. The molecule has 0 bridgehead atoms. The highest BCUT2D eigenvalue weighted by atomic mass is 16.5. The molecule has 3 heteroatoms. The number of fused-ring (bicyclic) bond motifs is 1.